The molecule has 3 rings (SSSR count). The SMILES string of the molecule is CN=C(NCC(c1ccccc1OC)N1CCCCC1)N1CCC(OCCCOC)CC1.I. The van der Waals surface area contributed by atoms with E-state index in [4.69, 9.17) is 14.2 Å². The maximum absolute atomic E-state index is 6.02. The van der Waals surface area contributed by atoms with E-state index < -0.39 is 0 Å². The molecule has 188 valence electrons. The fraction of sp³-hybridized carbons (Fsp3) is 0.720. The summed E-state index contributed by atoms with van der Waals surface area (Å²) in [6.45, 7) is 6.57. The number of piperidine rings is 2. The highest BCUT2D eigenvalue weighted by molar-refractivity contribution is 14.0. The number of nitrogens with one attached hydrogen (secondary N) is 1. The maximum Gasteiger partial charge on any atom is 0.193 e. The largest absolute Gasteiger partial charge is 0.496 e. The summed E-state index contributed by atoms with van der Waals surface area (Å²) in [6.07, 6.45) is 7.23. The van der Waals surface area contributed by atoms with Crippen LogP contribution in [0.25, 0.3) is 0 Å². The van der Waals surface area contributed by atoms with Crippen molar-refractivity contribution in [1.82, 2.24) is 15.1 Å². The molecule has 2 heterocycles. The zero-order valence-corrected chi connectivity index (χ0v) is 23.0. The minimum atomic E-state index is 0. The quantitative estimate of drug-likeness (QED) is 0.198. The van der Waals surface area contributed by atoms with Gasteiger partial charge in [0.05, 0.1) is 19.3 Å². The molecule has 0 bridgehead atoms. The summed E-state index contributed by atoms with van der Waals surface area (Å²) in [5.41, 5.74) is 1.25. The van der Waals surface area contributed by atoms with Crippen LogP contribution in [0.4, 0.5) is 0 Å². The Morgan fingerprint density at radius 3 is 2.45 bits per heavy atom. The molecule has 2 fully saturated rings. The number of guanidine groups is 1. The Bertz CT molecular complexity index is 692. The average Bonchev–Trinajstić information content (AvgIpc) is 2.86. The van der Waals surface area contributed by atoms with Crippen molar-refractivity contribution < 1.29 is 14.2 Å². The summed E-state index contributed by atoms with van der Waals surface area (Å²) < 4.78 is 16.8. The minimum Gasteiger partial charge on any atom is -0.496 e. The van der Waals surface area contributed by atoms with Crippen molar-refractivity contribution in [2.45, 2.75) is 50.7 Å². The number of hydrogen-bond donors (Lipinski definition) is 1. The first kappa shape index (κ1) is 28.1. The molecule has 0 aliphatic carbocycles. The second-order valence-electron chi connectivity index (χ2n) is 8.69. The molecule has 0 aromatic heterocycles. The summed E-state index contributed by atoms with van der Waals surface area (Å²) in [4.78, 5) is 9.57. The van der Waals surface area contributed by atoms with Gasteiger partial charge in [-0.25, -0.2) is 0 Å². The topological polar surface area (TPSA) is 58.6 Å². The lowest BCUT2D eigenvalue weighted by Gasteiger charge is -2.38. The molecule has 1 N–H and O–H groups in total. The third-order valence-electron chi connectivity index (χ3n) is 6.58. The van der Waals surface area contributed by atoms with Crippen LogP contribution in [0.1, 0.15) is 50.1 Å². The number of benzene rings is 1. The van der Waals surface area contributed by atoms with Gasteiger partial charge in [-0.15, -0.1) is 24.0 Å². The molecule has 2 aliphatic rings. The second kappa shape index (κ2) is 15.7. The molecular weight excluding hydrogens is 531 g/mol. The van der Waals surface area contributed by atoms with Gasteiger partial charge < -0.3 is 24.4 Å². The standard InChI is InChI=1S/C25H42N4O3.HI/c1-26-25(29-16-12-21(13-17-29)32-19-9-18-30-2)27-20-23(28-14-7-4-8-15-28)22-10-5-6-11-24(22)31-3;/h5-6,10-11,21,23H,4,7-9,12-20H2,1-3H3,(H,26,27);1H. The third-order valence-corrected chi connectivity index (χ3v) is 6.58. The molecule has 1 aromatic rings. The predicted octanol–water partition coefficient (Wildman–Crippen LogP) is 3.93. The Balaban J connectivity index is 0.00000385. The van der Waals surface area contributed by atoms with Gasteiger partial charge in [-0.05, 0) is 51.3 Å². The molecule has 1 aromatic carbocycles. The van der Waals surface area contributed by atoms with Crippen molar-refractivity contribution in [3.05, 3.63) is 29.8 Å². The monoisotopic (exact) mass is 574 g/mol. The number of nitrogens with zero attached hydrogens (tertiary/aromatic N) is 3. The van der Waals surface area contributed by atoms with Crippen LogP contribution >= 0.6 is 24.0 Å². The molecule has 7 nitrogen and oxygen atoms in total. The Morgan fingerprint density at radius 1 is 1.06 bits per heavy atom. The van der Waals surface area contributed by atoms with E-state index >= 15 is 0 Å². The lowest BCUT2D eigenvalue weighted by Crippen LogP contribution is -2.49. The van der Waals surface area contributed by atoms with Crippen molar-refractivity contribution >= 4 is 29.9 Å². The van der Waals surface area contributed by atoms with Crippen LogP contribution in [-0.2, 0) is 9.47 Å². The van der Waals surface area contributed by atoms with Crippen LogP contribution < -0.4 is 10.1 Å². The normalized spacial score (nSPS) is 19.1. The van der Waals surface area contributed by atoms with E-state index in [0.29, 0.717) is 6.10 Å². The summed E-state index contributed by atoms with van der Waals surface area (Å²) in [7, 11) is 5.38. The van der Waals surface area contributed by atoms with Gasteiger partial charge in [0.1, 0.15) is 5.75 Å². The summed E-state index contributed by atoms with van der Waals surface area (Å²) >= 11 is 0. The molecule has 0 amide bonds. The van der Waals surface area contributed by atoms with Crippen LogP contribution in [0.15, 0.2) is 29.3 Å². The Morgan fingerprint density at radius 2 is 1.79 bits per heavy atom. The van der Waals surface area contributed by atoms with Crippen LogP contribution in [0.2, 0.25) is 0 Å². The number of ether oxygens (including phenoxy) is 3. The zero-order valence-electron chi connectivity index (χ0n) is 20.6. The van der Waals surface area contributed by atoms with Gasteiger partial charge in [-0.2, -0.15) is 0 Å². The van der Waals surface area contributed by atoms with Crippen LogP contribution in [0.3, 0.4) is 0 Å². The lowest BCUT2D eigenvalue weighted by molar-refractivity contribution is 0.00984. The van der Waals surface area contributed by atoms with Gasteiger partial charge >= 0.3 is 0 Å². The Hall–Kier alpha value is -1.10. The highest BCUT2D eigenvalue weighted by Gasteiger charge is 2.27. The molecule has 0 saturated carbocycles. The number of hydrogen-bond acceptors (Lipinski definition) is 5. The number of likely N-dealkylation sites (tertiary alicyclic amines) is 2. The number of para-hydroxylation sites is 1. The minimum absolute atomic E-state index is 0. The van der Waals surface area contributed by atoms with E-state index in [0.717, 1.165) is 76.9 Å². The number of aliphatic imine (C=N–C) groups is 1. The lowest BCUT2D eigenvalue weighted by atomic mass is 10.0. The summed E-state index contributed by atoms with van der Waals surface area (Å²) in [5, 5.41) is 3.68. The van der Waals surface area contributed by atoms with Gasteiger partial charge in [-0.3, -0.25) is 9.89 Å². The Kier molecular flexibility index (Phi) is 13.4. The number of rotatable bonds is 10. The van der Waals surface area contributed by atoms with E-state index in [-0.39, 0.29) is 30.0 Å². The van der Waals surface area contributed by atoms with Gasteiger partial charge in [0.2, 0.25) is 0 Å². The summed E-state index contributed by atoms with van der Waals surface area (Å²) in [6, 6.07) is 8.70. The highest BCUT2D eigenvalue weighted by Crippen LogP contribution is 2.31. The molecule has 2 aliphatic heterocycles. The van der Waals surface area contributed by atoms with Crippen molar-refractivity contribution in [2.75, 3.05) is 67.2 Å². The first-order chi connectivity index (χ1) is 15.8. The maximum atomic E-state index is 6.02. The van der Waals surface area contributed by atoms with E-state index in [1.54, 1.807) is 14.2 Å². The van der Waals surface area contributed by atoms with Gasteiger partial charge in [0, 0.05) is 52.6 Å². The number of methoxy groups -OCH3 is 2. The number of halogens is 1. The Labute approximate surface area is 217 Å². The van der Waals surface area contributed by atoms with Crippen LogP contribution in [0.5, 0.6) is 5.75 Å². The zero-order chi connectivity index (χ0) is 22.6. The summed E-state index contributed by atoms with van der Waals surface area (Å²) in [5.74, 6) is 1.95. The van der Waals surface area contributed by atoms with E-state index in [2.05, 4.69) is 38.3 Å². The smallest absolute Gasteiger partial charge is 0.193 e. The van der Waals surface area contributed by atoms with Crippen LogP contribution in [0, 0.1) is 0 Å². The van der Waals surface area contributed by atoms with Crippen molar-refractivity contribution in [3.63, 3.8) is 0 Å². The fourth-order valence-electron chi connectivity index (χ4n) is 4.82. The molecule has 0 spiro atoms. The molecular formula is C25H43IN4O3. The fourth-order valence-corrected chi connectivity index (χ4v) is 4.82. The van der Waals surface area contributed by atoms with Crippen molar-refractivity contribution in [3.8, 4) is 5.75 Å². The van der Waals surface area contributed by atoms with Crippen molar-refractivity contribution in [2.24, 2.45) is 4.99 Å². The van der Waals surface area contributed by atoms with Gasteiger partial charge in [-0.1, -0.05) is 24.6 Å². The highest BCUT2D eigenvalue weighted by atomic mass is 127. The van der Waals surface area contributed by atoms with Crippen LogP contribution in [-0.4, -0.2) is 89.1 Å². The van der Waals surface area contributed by atoms with Crippen molar-refractivity contribution in [1.29, 1.82) is 0 Å². The van der Waals surface area contributed by atoms with Gasteiger partial charge in [0.15, 0.2) is 5.96 Å². The molecule has 2 saturated heterocycles. The molecule has 1 atom stereocenters. The van der Waals surface area contributed by atoms with E-state index in [9.17, 15) is 0 Å². The third kappa shape index (κ3) is 8.56. The predicted molar refractivity (Wildman–Crippen MR) is 145 cm³/mol. The second-order valence-corrected chi connectivity index (χ2v) is 8.69. The van der Waals surface area contributed by atoms with Gasteiger partial charge in [0.25, 0.3) is 0 Å². The molecule has 1 unspecified atom stereocenters. The van der Waals surface area contributed by atoms with E-state index in [1.807, 2.05) is 13.1 Å². The molecule has 0 radical (unpaired) electrons. The first-order valence-corrected chi connectivity index (χ1v) is 12.2. The molecule has 8 heteroatoms. The average molecular weight is 575 g/mol. The first-order valence-electron chi connectivity index (χ1n) is 12.2. The molecule has 33 heavy (non-hydrogen) atoms. The van der Waals surface area contributed by atoms with E-state index in [1.165, 1.54) is 24.8 Å².